The van der Waals surface area contributed by atoms with E-state index in [4.69, 9.17) is 20.2 Å². The molecule has 0 saturated heterocycles. The lowest BCUT2D eigenvalue weighted by Crippen LogP contribution is -2.25. The van der Waals surface area contributed by atoms with Crippen molar-refractivity contribution in [3.05, 3.63) is 58.1 Å². The molecule has 0 aliphatic carbocycles. The Balaban J connectivity index is 1.89. The van der Waals surface area contributed by atoms with Gasteiger partial charge in [0.1, 0.15) is 24.0 Å². The summed E-state index contributed by atoms with van der Waals surface area (Å²) < 4.78 is 23.8. The molecular formula is C28H36N4O4S2. The molecule has 0 amide bonds. The lowest BCUT2D eigenvalue weighted by molar-refractivity contribution is -0.145. The fourth-order valence-electron chi connectivity index (χ4n) is 3.78. The number of aromatic nitrogens is 2. The predicted octanol–water partition coefficient (Wildman–Crippen LogP) is 4.86. The molecule has 38 heavy (non-hydrogen) atoms. The van der Waals surface area contributed by atoms with Crippen LogP contribution in [0.3, 0.4) is 0 Å². The number of carbonyl (C=O) groups is 1. The van der Waals surface area contributed by atoms with Crippen molar-refractivity contribution in [1.29, 1.82) is 0 Å². The molecule has 8 nitrogen and oxygen atoms in total. The number of benzene rings is 1. The Hall–Kier alpha value is -3.08. The largest absolute Gasteiger partial charge is 0.490 e. The molecule has 3 aromatic rings. The smallest absolute Gasteiger partial charge is 0.320 e. The Morgan fingerprint density at radius 3 is 2.55 bits per heavy atom. The Bertz CT molecular complexity index is 1270. The highest BCUT2D eigenvalue weighted by atomic mass is 32.2. The van der Waals surface area contributed by atoms with Crippen LogP contribution in [0.15, 0.2) is 46.8 Å². The summed E-state index contributed by atoms with van der Waals surface area (Å²) in [6, 6.07) is 9.62. The average Bonchev–Trinajstić information content (AvgIpc) is 3.43. The number of nitrogens with zero attached hydrogens (tertiary/aromatic N) is 3. The van der Waals surface area contributed by atoms with E-state index < -0.39 is 10.8 Å². The van der Waals surface area contributed by atoms with E-state index in [-0.39, 0.29) is 25.7 Å². The zero-order valence-electron chi connectivity index (χ0n) is 22.7. The minimum atomic E-state index is -1.16. The van der Waals surface area contributed by atoms with Gasteiger partial charge in [0.05, 0.1) is 28.7 Å². The second-order valence-electron chi connectivity index (χ2n) is 9.06. The van der Waals surface area contributed by atoms with E-state index in [1.54, 1.807) is 11.1 Å². The van der Waals surface area contributed by atoms with Gasteiger partial charge in [-0.2, -0.15) is 0 Å². The molecule has 0 fully saturated rings. The molecule has 1 aromatic carbocycles. The van der Waals surface area contributed by atoms with Gasteiger partial charge in [-0.1, -0.05) is 25.5 Å². The van der Waals surface area contributed by atoms with E-state index in [9.17, 15) is 9.00 Å². The maximum absolute atomic E-state index is 12.9. The maximum Gasteiger partial charge on any atom is 0.320 e. The van der Waals surface area contributed by atoms with Gasteiger partial charge < -0.3 is 15.2 Å². The first-order chi connectivity index (χ1) is 18.2. The minimum absolute atomic E-state index is 0.176. The quantitative estimate of drug-likeness (QED) is 0.235. The van der Waals surface area contributed by atoms with Crippen LogP contribution in [-0.4, -0.2) is 64.7 Å². The molecule has 2 N–H and O–H groups in total. The topological polar surface area (TPSA) is 108 Å². The summed E-state index contributed by atoms with van der Waals surface area (Å²) in [5.74, 6) is 0.950. The number of pyridine rings is 1. The Labute approximate surface area is 231 Å². The average molecular weight is 557 g/mol. The molecule has 0 aliphatic heterocycles. The third-order valence-corrected chi connectivity index (χ3v) is 8.11. The number of thiazole rings is 1. The van der Waals surface area contributed by atoms with Gasteiger partial charge >= 0.3 is 5.97 Å². The van der Waals surface area contributed by atoms with Gasteiger partial charge in [-0.15, -0.1) is 11.3 Å². The zero-order chi connectivity index (χ0) is 27.7. The van der Waals surface area contributed by atoms with E-state index in [2.05, 4.69) is 11.9 Å². The van der Waals surface area contributed by atoms with Crippen molar-refractivity contribution in [2.75, 3.05) is 39.6 Å². The molecule has 0 spiro atoms. The van der Waals surface area contributed by atoms with E-state index >= 15 is 0 Å². The van der Waals surface area contributed by atoms with Crippen LogP contribution in [0.4, 0.5) is 0 Å². The molecule has 0 bridgehead atoms. The predicted molar refractivity (Wildman–Crippen MR) is 155 cm³/mol. The molecule has 10 heteroatoms. The summed E-state index contributed by atoms with van der Waals surface area (Å²) in [5.41, 5.74) is 11.2. The summed E-state index contributed by atoms with van der Waals surface area (Å²) in [5, 5.41) is 2.73. The Morgan fingerprint density at radius 2 is 1.92 bits per heavy atom. The molecule has 0 saturated carbocycles. The van der Waals surface area contributed by atoms with Crippen LogP contribution in [0, 0.1) is 6.92 Å². The highest BCUT2D eigenvalue weighted by Crippen LogP contribution is 2.35. The Morgan fingerprint density at radius 1 is 1.18 bits per heavy atom. The van der Waals surface area contributed by atoms with Crippen LogP contribution in [-0.2, 0) is 20.3 Å². The van der Waals surface area contributed by atoms with Crippen molar-refractivity contribution in [3.8, 4) is 27.6 Å². The van der Waals surface area contributed by atoms with E-state index in [1.807, 2.05) is 63.7 Å². The lowest BCUT2D eigenvalue weighted by Gasteiger charge is -2.17. The fraction of sp³-hybridized carbons (Fsp3) is 0.393. The highest BCUT2D eigenvalue weighted by molar-refractivity contribution is 7.89. The van der Waals surface area contributed by atoms with Crippen molar-refractivity contribution in [3.63, 3.8) is 0 Å². The zero-order valence-corrected chi connectivity index (χ0v) is 24.3. The second-order valence-corrected chi connectivity index (χ2v) is 11.7. The number of rotatable bonds is 13. The van der Waals surface area contributed by atoms with Crippen LogP contribution in [0.25, 0.3) is 27.5 Å². The SMILES string of the molecule is CCCCS(=O)/C(C)=C(\N)c1c(-c2ccc(OCCOC(=O)CN(C)C)cc2)cc(-c2nccs2)nc1C. The maximum atomic E-state index is 12.9. The van der Waals surface area contributed by atoms with Crippen LogP contribution < -0.4 is 10.5 Å². The Kier molecular flexibility index (Phi) is 11.0. The van der Waals surface area contributed by atoms with Gasteiger partial charge in [0.15, 0.2) is 0 Å². The summed E-state index contributed by atoms with van der Waals surface area (Å²) in [4.78, 5) is 23.3. The number of allylic oxidation sites excluding steroid dienone is 1. The number of carbonyl (C=O) groups excluding carboxylic acids is 1. The van der Waals surface area contributed by atoms with Crippen LogP contribution in [0.2, 0.25) is 0 Å². The van der Waals surface area contributed by atoms with Crippen molar-refractivity contribution in [1.82, 2.24) is 14.9 Å². The van der Waals surface area contributed by atoms with Gasteiger partial charge in [-0.25, -0.2) is 9.97 Å². The molecule has 0 aliphatic rings. The number of ether oxygens (including phenoxy) is 2. The van der Waals surface area contributed by atoms with E-state index in [0.29, 0.717) is 22.1 Å². The summed E-state index contributed by atoms with van der Waals surface area (Å²) in [7, 11) is 2.46. The first kappa shape index (κ1) is 29.5. The van der Waals surface area contributed by atoms with Gasteiger partial charge in [0.2, 0.25) is 0 Å². The van der Waals surface area contributed by atoms with Gasteiger partial charge in [-0.05, 0) is 63.7 Å². The summed E-state index contributed by atoms with van der Waals surface area (Å²) >= 11 is 1.52. The van der Waals surface area contributed by atoms with Crippen molar-refractivity contribution >= 4 is 33.8 Å². The standard InChI is InChI=1S/C28H36N4O4S2/c1-6-7-16-38(34)20(3)27(29)26-19(2)31-24(28-30-12-15-37-28)17-23(26)21-8-10-22(11-9-21)35-13-14-36-25(33)18-32(4)5/h8-12,15,17H,6-7,13-14,16,18,29H2,1-5H3/b27-20-. The summed E-state index contributed by atoms with van der Waals surface area (Å²) in [6.45, 7) is 6.49. The number of hydrogen-bond acceptors (Lipinski definition) is 9. The molecule has 1 atom stereocenters. The monoisotopic (exact) mass is 556 g/mol. The molecule has 0 radical (unpaired) electrons. The van der Waals surface area contributed by atoms with Crippen molar-refractivity contribution in [2.24, 2.45) is 5.73 Å². The van der Waals surface area contributed by atoms with Crippen LogP contribution >= 0.6 is 11.3 Å². The number of likely N-dealkylation sites (N-methyl/N-ethyl adjacent to an activating group) is 1. The number of unbranched alkanes of at least 4 members (excludes halogenated alkanes) is 1. The fourth-order valence-corrected chi connectivity index (χ4v) is 5.58. The van der Waals surface area contributed by atoms with Crippen molar-refractivity contribution < 1.29 is 18.5 Å². The third kappa shape index (κ3) is 7.96. The van der Waals surface area contributed by atoms with E-state index in [0.717, 1.165) is 45.9 Å². The molecule has 1 unspecified atom stereocenters. The summed E-state index contributed by atoms with van der Waals surface area (Å²) in [6.07, 6.45) is 3.60. The third-order valence-electron chi connectivity index (χ3n) is 5.75. The van der Waals surface area contributed by atoms with Crippen LogP contribution in [0.5, 0.6) is 5.75 Å². The van der Waals surface area contributed by atoms with Crippen LogP contribution in [0.1, 0.15) is 37.9 Å². The lowest BCUT2D eigenvalue weighted by atomic mass is 9.96. The number of esters is 1. The number of nitrogens with two attached hydrogens (primary N) is 1. The molecule has 3 rings (SSSR count). The van der Waals surface area contributed by atoms with E-state index in [1.165, 1.54) is 11.3 Å². The normalized spacial score (nSPS) is 12.8. The molecular weight excluding hydrogens is 520 g/mol. The molecule has 2 heterocycles. The first-order valence-corrected chi connectivity index (χ1v) is 14.7. The molecule has 204 valence electrons. The van der Waals surface area contributed by atoms with Gasteiger partial charge in [0, 0.05) is 33.5 Å². The number of hydrogen-bond donors (Lipinski definition) is 1. The highest BCUT2D eigenvalue weighted by Gasteiger charge is 2.19. The molecule has 2 aromatic heterocycles. The minimum Gasteiger partial charge on any atom is -0.490 e. The number of aryl methyl sites for hydroxylation is 1. The van der Waals surface area contributed by atoms with Gasteiger partial charge in [-0.3, -0.25) is 13.9 Å². The second kappa shape index (κ2) is 14.2. The first-order valence-electron chi connectivity index (χ1n) is 12.5. The van der Waals surface area contributed by atoms with Gasteiger partial charge in [0.25, 0.3) is 0 Å². The van der Waals surface area contributed by atoms with Crippen molar-refractivity contribution in [2.45, 2.75) is 33.6 Å².